The fraction of sp³-hybridized carbons (Fsp3) is 0.278. The number of carbonyl (C=O) groups is 1. The molecule has 0 fully saturated rings. The number of amides is 1. The highest BCUT2D eigenvalue weighted by Crippen LogP contribution is 2.23. The molecule has 0 saturated carbocycles. The van der Waals surface area contributed by atoms with E-state index in [2.05, 4.69) is 5.32 Å². The number of hydrogen-bond donors (Lipinski definition) is 4. The van der Waals surface area contributed by atoms with Crippen LogP contribution in [0.3, 0.4) is 0 Å². The van der Waals surface area contributed by atoms with Crippen molar-refractivity contribution in [1.29, 1.82) is 0 Å². The van der Waals surface area contributed by atoms with E-state index in [-0.39, 0.29) is 11.8 Å². The Balaban J connectivity index is 1.74. The van der Waals surface area contributed by atoms with Crippen LogP contribution in [0.1, 0.15) is 27.0 Å². The molecule has 1 amide bonds. The first-order chi connectivity index (χ1) is 11.0. The Hall–Kier alpha value is -2.37. The average Bonchev–Trinajstić information content (AvgIpc) is 2.54. The van der Waals surface area contributed by atoms with E-state index >= 15 is 0 Å². The predicted molar refractivity (Wildman–Crippen MR) is 87.1 cm³/mol. The van der Waals surface area contributed by atoms with E-state index in [0.717, 1.165) is 16.7 Å². The molecule has 1 aliphatic heterocycles. The summed E-state index contributed by atoms with van der Waals surface area (Å²) in [4.78, 5) is 11.5. The van der Waals surface area contributed by atoms with Gasteiger partial charge in [0, 0.05) is 24.6 Å². The van der Waals surface area contributed by atoms with Crippen molar-refractivity contribution >= 4 is 5.91 Å². The van der Waals surface area contributed by atoms with Gasteiger partial charge in [0.1, 0.15) is 5.75 Å². The van der Waals surface area contributed by atoms with Crippen LogP contribution in [0.2, 0.25) is 0 Å². The van der Waals surface area contributed by atoms with Crippen LogP contribution in [0, 0.1) is 0 Å². The molecule has 3 rings (SSSR count). The molecule has 0 unspecified atom stereocenters. The highest BCUT2D eigenvalue weighted by Gasteiger charge is 2.25. The van der Waals surface area contributed by atoms with Crippen LogP contribution >= 0.6 is 0 Å². The van der Waals surface area contributed by atoms with Gasteiger partial charge in [0.25, 0.3) is 0 Å². The molecule has 5 N–H and O–H groups in total. The zero-order valence-electron chi connectivity index (χ0n) is 12.7. The number of aromatic hydroxyl groups is 1. The summed E-state index contributed by atoms with van der Waals surface area (Å²) >= 11 is 0. The fourth-order valence-electron chi connectivity index (χ4n) is 3.10. The minimum Gasteiger partial charge on any atom is -0.508 e. The number of primary amides is 1. The van der Waals surface area contributed by atoms with Crippen molar-refractivity contribution in [3.05, 3.63) is 64.7 Å². The van der Waals surface area contributed by atoms with Crippen molar-refractivity contribution < 1.29 is 15.0 Å². The average molecular weight is 312 g/mol. The van der Waals surface area contributed by atoms with Crippen molar-refractivity contribution in [3.8, 4) is 5.75 Å². The third-order valence-corrected chi connectivity index (χ3v) is 4.36. The first-order valence-corrected chi connectivity index (χ1v) is 7.64. The van der Waals surface area contributed by atoms with Crippen LogP contribution in [-0.2, 0) is 19.4 Å². The van der Waals surface area contributed by atoms with Crippen LogP contribution in [0.5, 0.6) is 5.75 Å². The second-order valence-electron chi connectivity index (χ2n) is 5.94. The van der Waals surface area contributed by atoms with Gasteiger partial charge in [0.05, 0.1) is 6.10 Å². The normalized spacial score (nSPS) is 18.2. The number of aliphatic hydroxyl groups is 1. The molecule has 0 aromatic heterocycles. The minimum absolute atomic E-state index is 0.104. The summed E-state index contributed by atoms with van der Waals surface area (Å²) in [6, 6.07) is 12.3. The summed E-state index contributed by atoms with van der Waals surface area (Å²) in [5, 5.41) is 23.4. The van der Waals surface area contributed by atoms with Gasteiger partial charge in [0.15, 0.2) is 0 Å². The minimum atomic E-state index is -0.627. The molecular weight excluding hydrogens is 292 g/mol. The van der Waals surface area contributed by atoms with E-state index in [1.54, 1.807) is 24.3 Å². The number of phenolic OH excluding ortho intramolecular Hbond substituents is 1. The SMILES string of the molecule is NC(=O)c1ccccc1C[C@@H](O)[C@@H]1Cc2ccc(O)cc2CN1. The Morgan fingerprint density at radius 1 is 1.26 bits per heavy atom. The zero-order chi connectivity index (χ0) is 16.4. The lowest BCUT2D eigenvalue weighted by atomic mass is 9.89. The van der Waals surface area contributed by atoms with Gasteiger partial charge in [-0.3, -0.25) is 4.79 Å². The van der Waals surface area contributed by atoms with Crippen molar-refractivity contribution in [3.63, 3.8) is 0 Å². The van der Waals surface area contributed by atoms with Gasteiger partial charge in [-0.05, 0) is 41.3 Å². The van der Waals surface area contributed by atoms with E-state index in [1.807, 2.05) is 18.2 Å². The first kappa shape index (κ1) is 15.5. The first-order valence-electron chi connectivity index (χ1n) is 7.64. The third kappa shape index (κ3) is 3.36. The highest BCUT2D eigenvalue weighted by molar-refractivity contribution is 5.94. The van der Waals surface area contributed by atoms with Crippen LogP contribution in [0.4, 0.5) is 0 Å². The fourth-order valence-corrected chi connectivity index (χ4v) is 3.10. The van der Waals surface area contributed by atoms with E-state index in [9.17, 15) is 15.0 Å². The standard InChI is InChI=1S/C18H20N2O3/c19-18(23)15-4-2-1-3-12(15)9-17(22)16-8-11-5-6-14(21)7-13(11)10-20-16/h1-7,16-17,20-22H,8-10H2,(H2,19,23)/t16-,17+/m0/s1. The Kier molecular flexibility index (Phi) is 4.32. The summed E-state index contributed by atoms with van der Waals surface area (Å²) in [7, 11) is 0. The number of benzene rings is 2. The summed E-state index contributed by atoms with van der Waals surface area (Å²) in [6.07, 6.45) is 0.414. The topological polar surface area (TPSA) is 95.6 Å². The number of fused-ring (bicyclic) bond motifs is 1. The summed E-state index contributed by atoms with van der Waals surface area (Å²) < 4.78 is 0. The van der Waals surface area contributed by atoms with Crippen LogP contribution in [-0.4, -0.2) is 28.3 Å². The molecule has 0 radical (unpaired) electrons. The van der Waals surface area contributed by atoms with Crippen molar-refractivity contribution in [1.82, 2.24) is 5.32 Å². The van der Waals surface area contributed by atoms with Crippen molar-refractivity contribution in [2.45, 2.75) is 31.5 Å². The maximum Gasteiger partial charge on any atom is 0.248 e. The molecule has 120 valence electrons. The van der Waals surface area contributed by atoms with Gasteiger partial charge in [0.2, 0.25) is 5.91 Å². The molecule has 0 aliphatic carbocycles. The van der Waals surface area contributed by atoms with Crippen LogP contribution in [0.25, 0.3) is 0 Å². The van der Waals surface area contributed by atoms with E-state index < -0.39 is 12.0 Å². The van der Waals surface area contributed by atoms with Gasteiger partial charge >= 0.3 is 0 Å². The Labute approximate surface area is 134 Å². The second kappa shape index (κ2) is 6.40. The molecule has 5 nitrogen and oxygen atoms in total. The van der Waals surface area contributed by atoms with E-state index in [0.29, 0.717) is 24.9 Å². The molecule has 0 spiro atoms. The quantitative estimate of drug-likeness (QED) is 0.680. The van der Waals surface area contributed by atoms with Crippen molar-refractivity contribution in [2.75, 3.05) is 0 Å². The van der Waals surface area contributed by atoms with Crippen LogP contribution in [0.15, 0.2) is 42.5 Å². The Morgan fingerprint density at radius 3 is 2.83 bits per heavy atom. The smallest absolute Gasteiger partial charge is 0.248 e. The Morgan fingerprint density at radius 2 is 2.04 bits per heavy atom. The summed E-state index contributed by atoms with van der Waals surface area (Å²) in [5.41, 5.74) is 8.76. The van der Waals surface area contributed by atoms with Gasteiger partial charge in [-0.2, -0.15) is 0 Å². The number of carbonyl (C=O) groups excluding carboxylic acids is 1. The highest BCUT2D eigenvalue weighted by atomic mass is 16.3. The Bertz CT molecular complexity index is 730. The van der Waals surface area contributed by atoms with Gasteiger partial charge in [-0.25, -0.2) is 0 Å². The number of rotatable bonds is 4. The summed E-state index contributed by atoms with van der Waals surface area (Å²) in [6.45, 7) is 0.600. The lowest BCUT2D eigenvalue weighted by molar-refractivity contribution is 0.0995. The molecule has 5 heteroatoms. The number of hydrogen-bond acceptors (Lipinski definition) is 4. The molecule has 2 aromatic carbocycles. The molecule has 1 aliphatic rings. The maximum absolute atomic E-state index is 11.5. The number of nitrogens with one attached hydrogen (secondary N) is 1. The van der Waals surface area contributed by atoms with Gasteiger partial charge in [-0.15, -0.1) is 0 Å². The molecular formula is C18H20N2O3. The largest absolute Gasteiger partial charge is 0.508 e. The molecule has 2 aromatic rings. The van der Waals surface area contributed by atoms with Gasteiger partial charge < -0.3 is 21.3 Å². The molecule has 2 atom stereocenters. The molecule has 0 bridgehead atoms. The maximum atomic E-state index is 11.5. The lowest BCUT2D eigenvalue weighted by Gasteiger charge is -2.30. The molecule has 0 saturated heterocycles. The summed E-state index contributed by atoms with van der Waals surface area (Å²) in [5.74, 6) is -0.231. The van der Waals surface area contributed by atoms with Crippen LogP contribution < -0.4 is 11.1 Å². The number of phenols is 1. The molecule has 23 heavy (non-hydrogen) atoms. The van der Waals surface area contributed by atoms with E-state index in [1.165, 1.54) is 0 Å². The molecule has 1 heterocycles. The zero-order valence-corrected chi connectivity index (χ0v) is 12.7. The third-order valence-electron chi connectivity index (χ3n) is 4.36. The number of aliphatic hydroxyl groups excluding tert-OH is 1. The predicted octanol–water partition coefficient (Wildman–Crippen LogP) is 1.11. The lowest BCUT2D eigenvalue weighted by Crippen LogP contribution is -2.45. The van der Waals surface area contributed by atoms with Gasteiger partial charge in [-0.1, -0.05) is 24.3 Å². The number of nitrogens with two attached hydrogens (primary N) is 1. The van der Waals surface area contributed by atoms with E-state index in [4.69, 9.17) is 5.73 Å². The second-order valence-corrected chi connectivity index (χ2v) is 5.94. The van der Waals surface area contributed by atoms with Crippen molar-refractivity contribution in [2.24, 2.45) is 5.73 Å². The monoisotopic (exact) mass is 312 g/mol.